The van der Waals surface area contributed by atoms with Crippen LogP contribution in [0, 0.1) is 46.3 Å². The maximum absolute atomic E-state index is 11.6. The van der Waals surface area contributed by atoms with Crippen molar-refractivity contribution in [2.75, 3.05) is 7.11 Å². The highest BCUT2D eigenvalue weighted by molar-refractivity contribution is 5.69. The van der Waals surface area contributed by atoms with Crippen molar-refractivity contribution in [1.82, 2.24) is 0 Å². The van der Waals surface area contributed by atoms with Gasteiger partial charge in [0.2, 0.25) is 0 Å². The molecule has 4 aliphatic carbocycles. The largest absolute Gasteiger partial charge is 0.469 e. The van der Waals surface area contributed by atoms with Gasteiger partial charge in [0, 0.05) is 6.42 Å². The fourth-order valence-corrected chi connectivity index (χ4v) is 8.37. The molecular formula is C25H40O4. The summed E-state index contributed by atoms with van der Waals surface area (Å²) in [5.41, 5.74) is 0.0426. The fraction of sp³-hybridized carbons (Fsp3) is 0.880. The Balaban J connectivity index is 1.59. The predicted molar refractivity (Wildman–Crippen MR) is 113 cm³/mol. The van der Waals surface area contributed by atoms with Crippen LogP contribution in [0.15, 0.2) is 12.2 Å². The monoisotopic (exact) mass is 404 g/mol. The molecule has 4 heteroatoms. The van der Waals surface area contributed by atoms with E-state index in [1.807, 2.05) is 0 Å². The van der Waals surface area contributed by atoms with E-state index in [1.54, 1.807) is 0 Å². The number of hydrogen-bond donors (Lipinski definition) is 2. The van der Waals surface area contributed by atoms with Crippen LogP contribution in [-0.4, -0.2) is 35.5 Å². The third-order valence-corrected chi connectivity index (χ3v) is 10.1. The molecule has 2 N–H and O–H groups in total. The van der Waals surface area contributed by atoms with Crippen LogP contribution in [0.4, 0.5) is 0 Å². The molecule has 0 amide bonds. The number of aliphatic hydroxyl groups is 2. The molecule has 0 unspecified atom stereocenters. The van der Waals surface area contributed by atoms with E-state index >= 15 is 0 Å². The van der Waals surface area contributed by atoms with Gasteiger partial charge in [-0.25, -0.2) is 0 Å². The van der Waals surface area contributed by atoms with Gasteiger partial charge in [-0.2, -0.15) is 0 Å². The Labute approximate surface area is 176 Å². The highest BCUT2D eigenvalue weighted by atomic mass is 16.5. The third kappa shape index (κ3) is 3.20. The molecule has 0 spiro atoms. The predicted octanol–water partition coefficient (Wildman–Crippen LogP) is 4.34. The number of fused-ring (bicyclic) bond motifs is 5. The summed E-state index contributed by atoms with van der Waals surface area (Å²) in [6, 6.07) is 0. The Morgan fingerprint density at radius 1 is 1.21 bits per heavy atom. The normalized spacial score (nSPS) is 49.7. The van der Waals surface area contributed by atoms with Gasteiger partial charge < -0.3 is 14.9 Å². The Morgan fingerprint density at radius 3 is 2.69 bits per heavy atom. The van der Waals surface area contributed by atoms with Crippen molar-refractivity contribution in [2.45, 2.75) is 84.3 Å². The van der Waals surface area contributed by atoms with Crippen LogP contribution in [0.2, 0.25) is 0 Å². The summed E-state index contributed by atoms with van der Waals surface area (Å²) in [6.45, 7) is 6.94. The van der Waals surface area contributed by atoms with Crippen molar-refractivity contribution in [1.29, 1.82) is 0 Å². The first-order valence-corrected chi connectivity index (χ1v) is 11.8. The number of allylic oxidation sites excluding steroid dienone is 2. The Hall–Kier alpha value is -0.870. The van der Waals surface area contributed by atoms with Gasteiger partial charge in [-0.15, -0.1) is 0 Å². The Kier molecular flexibility index (Phi) is 5.65. The van der Waals surface area contributed by atoms with E-state index in [9.17, 15) is 15.0 Å². The van der Waals surface area contributed by atoms with Crippen LogP contribution in [0.5, 0.6) is 0 Å². The van der Waals surface area contributed by atoms with Crippen molar-refractivity contribution in [3.05, 3.63) is 12.2 Å². The van der Waals surface area contributed by atoms with Crippen LogP contribution in [0.25, 0.3) is 0 Å². The second-order valence-corrected chi connectivity index (χ2v) is 11.1. The second-order valence-electron chi connectivity index (χ2n) is 11.1. The van der Waals surface area contributed by atoms with Crippen molar-refractivity contribution >= 4 is 5.97 Å². The number of aliphatic hydroxyl groups excluding tert-OH is 2. The molecule has 4 nitrogen and oxygen atoms in total. The number of carbonyl (C=O) groups is 1. The quantitative estimate of drug-likeness (QED) is 0.540. The van der Waals surface area contributed by atoms with Gasteiger partial charge in [-0.1, -0.05) is 32.9 Å². The standard InChI is InChI=1S/C25H40O4/c1-15(8-11-22(28)29-4)17-9-10-18-23-19(14-21(27)25(17,18)3)24(2)12-6-5-7-16(24)13-20(23)26/h5,7,15-21,23,26-27H,6,8-14H2,1-4H3/t15-,16+,17-,18+,19+,20-,21+,23+,24+,25-/m0/s1. The van der Waals surface area contributed by atoms with E-state index < -0.39 is 0 Å². The van der Waals surface area contributed by atoms with Crippen LogP contribution in [-0.2, 0) is 9.53 Å². The SMILES string of the molecule is COC(=O)CC[C@H](C)[C@@H]1CC[C@@H]2[C@@H]3[C@@H](C[C@@H](O)[C@]21C)[C@]1(C)CCC=C[C@@H]1C[C@@H]3O. The highest BCUT2D eigenvalue weighted by Gasteiger charge is 2.65. The zero-order valence-corrected chi connectivity index (χ0v) is 18.6. The number of hydrogen-bond acceptors (Lipinski definition) is 4. The molecule has 3 fully saturated rings. The molecule has 0 aromatic heterocycles. The molecule has 4 aliphatic rings. The van der Waals surface area contributed by atoms with Gasteiger partial charge in [0.05, 0.1) is 19.3 Å². The van der Waals surface area contributed by atoms with Crippen LogP contribution in [0.3, 0.4) is 0 Å². The van der Waals surface area contributed by atoms with Gasteiger partial charge in [0.1, 0.15) is 0 Å². The van der Waals surface area contributed by atoms with E-state index in [1.165, 1.54) is 13.5 Å². The Bertz CT molecular complexity index is 659. The maximum atomic E-state index is 11.6. The first-order valence-electron chi connectivity index (χ1n) is 11.8. The van der Waals surface area contributed by atoms with Crippen LogP contribution >= 0.6 is 0 Å². The lowest BCUT2D eigenvalue weighted by Crippen LogP contribution is -2.61. The summed E-state index contributed by atoms with van der Waals surface area (Å²) in [6.07, 6.45) is 11.5. The van der Waals surface area contributed by atoms with Gasteiger partial charge in [0.15, 0.2) is 0 Å². The first kappa shape index (κ1) is 21.4. The molecular weight excluding hydrogens is 364 g/mol. The lowest BCUT2D eigenvalue weighted by Gasteiger charge is -2.62. The van der Waals surface area contributed by atoms with E-state index in [0.717, 1.165) is 38.5 Å². The van der Waals surface area contributed by atoms with Crippen LogP contribution < -0.4 is 0 Å². The number of methoxy groups -OCH3 is 1. The molecule has 0 aromatic carbocycles. The highest BCUT2D eigenvalue weighted by Crippen LogP contribution is 2.67. The smallest absolute Gasteiger partial charge is 0.305 e. The molecule has 0 heterocycles. The minimum atomic E-state index is -0.324. The summed E-state index contributed by atoms with van der Waals surface area (Å²) < 4.78 is 4.84. The van der Waals surface area contributed by atoms with Crippen molar-refractivity contribution in [3.63, 3.8) is 0 Å². The fourth-order valence-electron chi connectivity index (χ4n) is 8.37. The molecule has 4 rings (SSSR count). The van der Waals surface area contributed by atoms with Crippen molar-refractivity contribution in [3.8, 4) is 0 Å². The van der Waals surface area contributed by atoms with Crippen molar-refractivity contribution < 1.29 is 19.7 Å². The number of carbonyl (C=O) groups excluding carboxylic acids is 1. The molecule has 164 valence electrons. The molecule has 0 aromatic rings. The molecule has 29 heavy (non-hydrogen) atoms. The topological polar surface area (TPSA) is 66.8 Å². The average Bonchev–Trinajstić information content (AvgIpc) is 3.05. The minimum absolute atomic E-state index is 0.146. The average molecular weight is 405 g/mol. The first-order chi connectivity index (χ1) is 13.7. The van der Waals surface area contributed by atoms with Gasteiger partial charge in [-0.3, -0.25) is 4.79 Å². The number of esters is 1. The Morgan fingerprint density at radius 2 is 1.97 bits per heavy atom. The maximum Gasteiger partial charge on any atom is 0.305 e. The molecule has 0 saturated heterocycles. The summed E-state index contributed by atoms with van der Waals surface area (Å²) >= 11 is 0. The molecule has 0 radical (unpaired) electrons. The minimum Gasteiger partial charge on any atom is -0.469 e. The van der Waals surface area contributed by atoms with Crippen LogP contribution in [0.1, 0.15) is 72.1 Å². The number of ether oxygens (including phenoxy) is 1. The van der Waals surface area contributed by atoms with Gasteiger partial charge in [0.25, 0.3) is 0 Å². The molecule has 0 aliphatic heterocycles. The lowest BCUT2D eigenvalue weighted by atomic mass is 9.44. The van der Waals surface area contributed by atoms with Gasteiger partial charge >= 0.3 is 5.97 Å². The van der Waals surface area contributed by atoms with E-state index in [0.29, 0.717) is 41.9 Å². The van der Waals surface area contributed by atoms with E-state index in [2.05, 4.69) is 32.9 Å². The van der Waals surface area contributed by atoms with Gasteiger partial charge in [-0.05, 0) is 91.3 Å². The summed E-state index contributed by atoms with van der Waals surface area (Å²) in [7, 11) is 1.45. The van der Waals surface area contributed by atoms with E-state index in [4.69, 9.17) is 4.74 Å². The lowest BCUT2D eigenvalue weighted by molar-refractivity contribution is -0.191. The molecule has 0 bridgehead atoms. The second kappa shape index (κ2) is 7.67. The summed E-state index contributed by atoms with van der Waals surface area (Å²) in [5.74, 6) is 2.15. The zero-order chi connectivity index (χ0) is 21.0. The molecule has 10 atom stereocenters. The summed E-state index contributed by atoms with van der Waals surface area (Å²) in [5, 5.41) is 22.8. The van der Waals surface area contributed by atoms with E-state index in [-0.39, 0.29) is 29.0 Å². The number of rotatable bonds is 4. The summed E-state index contributed by atoms with van der Waals surface area (Å²) in [4.78, 5) is 11.6. The third-order valence-electron chi connectivity index (χ3n) is 10.1. The van der Waals surface area contributed by atoms with Crippen molar-refractivity contribution in [2.24, 2.45) is 46.3 Å². The molecule has 3 saturated carbocycles. The zero-order valence-electron chi connectivity index (χ0n) is 18.6.